The van der Waals surface area contributed by atoms with Gasteiger partial charge >= 0.3 is 0 Å². The molecular formula is C22H24N2O2. The van der Waals surface area contributed by atoms with Crippen molar-refractivity contribution in [2.75, 3.05) is 18.1 Å². The summed E-state index contributed by atoms with van der Waals surface area (Å²) < 4.78 is 11.6. The van der Waals surface area contributed by atoms with Crippen LogP contribution < -0.4 is 9.64 Å². The maximum Gasteiger partial charge on any atom is 0.129 e. The van der Waals surface area contributed by atoms with E-state index in [-0.39, 0.29) is 0 Å². The third kappa shape index (κ3) is 3.51. The van der Waals surface area contributed by atoms with Crippen LogP contribution in [0.5, 0.6) is 5.75 Å². The van der Waals surface area contributed by atoms with Gasteiger partial charge in [-0.1, -0.05) is 30.3 Å². The SMILES string of the molecule is C[C@@H]1COC[C@H](C)N1c1ccc2cc(OCc3ccccc3)ccc2n1. The summed E-state index contributed by atoms with van der Waals surface area (Å²) in [7, 11) is 0. The molecule has 4 heteroatoms. The lowest BCUT2D eigenvalue weighted by Gasteiger charge is -2.39. The molecule has 0 spiro atoms. The quantitative estimate of drug-likeness (QED) is 0.699. The van der Waals surface area contributed by atoms with Crippen LogP contribution in [0.15, 0.2) is 60.7 Å². The molecule has 2 aromatic carbocycles. The monoisotopic (exact) mass is 348 g/mol. The Morgan fingerprint density at radius 3 is 2.54 bits per heavy atom. The minimum absolute atomic E-state index is 0.331. The Morgan fingerprint density at radius 2 is 1.77 bits per heavy atom. The van der Waals surface area contributed by atoms with Gasteiger partial charge in [-0.15, -0.1) is 0 Å². The number of morpholine rings is 1. The summed E-state index contributed by atoms with van der Waals surface area (Å²) in [6.07, 6.45) is 0. The Kier molecular flexibility index (Phi) is 4.76. The van der Waals surface area contributed by atoms with Gasteiger partial charge in [-0.05, 0) is 49.7 Å². The van der Waals surface area contributed by atoms with Gasteiger partial charge in [0.05, 0.1) is 30.8 Å². The van der Waals surface area contributed by atoms with Crippen molar-refractivity contribution in [1.29, 1.82) is 0 Å². The Hall–Kier alpha value is -2.59. The highest BCUT2D eigenvalue weighted by atomic mass is 16.5. The second kappa shape index (κ2) is 7.34. The molecular weight excluding hydrogens is 324 g/mol. The van der Waals surface area contributed by atoms with E-state index in [4.69, 9.17) is 14.5 Å². The number of rotatable bonds is 4. The molecule has 134 valence electrons. The van der Waals surface area contributed by atoms with E-state index in [2.05, 4.69) is 49.1 Å². The van der Waals surface area contributed by atoms with Crippen LogP contribution in [-0.4, -0.2) is 30.3 Å². The van der Waals surface area contributed by atoms with Crippen molar-refractivity contribution in [3.05, 3.63) is 66.2 Å². The molecule has 0 saturated carbocycles. The lowest BCUT2D eigenvalue weighted by molar-refractivity contribution is 0.0752. The van der Waals surface area contributed by atoms with Crippen molar-refractivity contribution in [2.45, 2.75) is 32.5 Å². The smallest absolute Gasteiger partial charge is 0.129 e. The molecule has 0 aliphatic carbocycles. The van der Waals surface area contributed by atoms with Crippen molar-refractivity contribution >= 4 is 16.7 Å². The highest BCUT2D eigenvalue weighted by Crippen LogP contribution is 2.26. The predicted molar refractivity (Wildman–Crippen MR) is 105 cm³/mol. The van der Waals surface area contributed by atoms with Crippen LogP contribution in [-0.2, 0) is 11.3 Å². The minimum atomic E-state index is 0.331. The Balaban J connectivity index is 1.54. The number of benzene rings is 2. The number of anilines is 1. The molecule has 0 N–H and O–H groups in total. The first-order chi connectivity index (χ1) is 12.7. The molecule has 3 aromatic rings. The van der Waals surface area contributed by atoms with Crippen molar-refractivity contribution in [2.24, 2.45) is 0 Å². The predicted octanol–water partition coefficient (Wildman–Crippen LogP) is 4.43. The van der Waals surface area contributed by atoms with Gasteiger partial charge in [-0.2, -0.15) is 0 Å². The average molecular weight is 348 g/mol. The van der Waals surface area contributed by atoms with Crippen LogP contribution in [0.4, 0.5) is 5.82 Å². The van der Waals surface area contributed by atoms with Gasteiger partial charge in [-0.25, -0.2) is 4.98 Å². The highest BCUT2D eigenvalue weighted by Gasteiger charge is 2.26. The highest BCUT2D eigenvalue weighted by molar-refractivity contribution is 5.82. The van der Waals surface area contributed by atoms with Gasteiger partial charge in [0.1, 0.15) is 18.2 Å². The molecule has 0 amide bonds. The van der Waals surface area contributed by atoms with Crippen LogP contribution >= 0.6 is 0 Å². The van der Waals surface area contributed by atoms with E-state index < -0.39 is 0 Å². The van der Waals surface area contributed by atoms with Gasteiger partial charge in [0, 0.05) is 5.39 Å². The molecule has 0 radical (unpaired) electrons. The zero-order valence-corrected chi connectivity index (χ0v) is 15.3. The van der Waals surface area contributed by atoms with Crippen LogP contribution in [0.1, 0.15) is 19.4 Å². The van der Waals surface area contributed by atoms with Gasteiger partial charge < -0.3 is 14.4 Å². The molecule has 1 saturated heterocycles. The first-order valence-electron chi connectivity index (χ1n) is 9.14. The normalized spacial score (nSPS) is 20.3. The van der Waals surface area contributed by atoms with Gasteiger partial charge in [0.25, 0.3) is 0 Å². The summed E-state index contributed by atoms with van der Waals surface area (Å²) in [5.41, 5.74) is 2.15. The lowest BCUT2D eigenvalue weighted by atomic mass is 10.1. The average Bonchev–Trinajstić information content (AvgIpc) is 2.67. The maximum absolute atomic E-state index is 5.93. The second-order valence-corrected chi connectivity index (χ2v) is 6.94. The molecule has 4 nitrogen and oxygen atoms in total. The summed E-state index contributed by atoms with van der Waals surface area (Å²) in [5, 5.41) is 1.09. The fourth-order valence-electron chi connectivity index (χ4n) is 3.52. The van der Waals surface area contributed by atoms with Crippen molar-refractivity contribution in [3.8, 4) is 5.75 Å². The molecule has 1 fully saturated rings. The molecule has 0 bridgehead atoms. The van der Waals surface area contributed by atoms with Crippen LogP contribution in [0, 0.1) is 0 Å². The summed E-state index contributed by atoms with van der Waals surface area (Å²) in [4.78, 5) is 7.22. The summed E-state index contributed by atoms with van der Waals surface area (Å²) in [6, 6.07) is 21.2. The van der Waals surface area contributed by atoms with E-state index in [9.17, 15) is 0 Å². The fraction of sp³-hybridized carbons (Fsp3) is 0.318. The molecule has 26 heavy (non-hydrogen) atoms. The van der Waals surface area contributed by atoms with Crippen LogP contribution in [0.2, 0.25) is 0 Å². The zero-order valence-electron chi connectivity index (χ0n) is 15.3. The molecule has 1 aromatic heterocycles. The molecule has 2 heterocycles. The zero-order chi connectivity index (χ0) is 17.9. The topological polar surface area (TPSA) is 34.6 Å². The summed E-state index contributed by atoms with van der Waals surface area (Å²) in [6.45, 7) is 6.43. The second-order valence-electron chi connectivity index (χ2n) is 6.94. The Bertz CT molecular complexity index is 872. The third-order valence-corrected chi connectivity index (χ3v) is 4.83. The van der Waals surface area contributed by atoms with Gasteiger partial charge in [0.2, 0.25) is 0 Å². The van der Waals surface area contributed by atoms with Crippen LogP contribution in [0.3, 0.4) is 0 Å². The first kappa shape index (κ1) is 16.9. The van der Waals surface area contributed by atoms with Gasteiger partial charge in [0.15, 0.2) is 0 Å². The Morgan fingerprint density at radius 1 is 1.00 bits per heavy atom. The molecule has 2 atom stereocenters. The number of hydrogen-bond donors (Lipinski definition) is 0. The van der Waals surface area contributed by atoms with E-state index in [1.54, 1.807) is 0 Å². The number of ether oxygens (including phenoxy) is 2. The van der Waals surface area contributed by atoms with E-state index in [1.807, 2.05) is 30.3 Å². The maximum atomic E-state index is 5.93. The number of aromatic nitrogens is 1. The van der Waals surface area contributed by atoms with E-state index in [0.29, 0.717) is 18.7 Å². The fourth-order valence-corrected chi connectivity index (χ4v) is 3.52. The number of nitrogens with zero attached hydrogens (tertiary/aromatic N) is 2. The number of hydrogen-bond acceptors (Lipinski definition) is 4. The van der Waals surface area contributed by atoms with Crippen molar-refractivity contribution < 1.29 is 9.47 Å². The number of pyridine rings is 1. The third-order valence-electron chi connectivity index (χ3n) is 4.83. The van der Waals surface area contributed by atoms with E-state index >= 15 is 0 Å². The summed E-state index contributed by atoms with van der Waals surface area (Å²) in [5.74, 6) is 1.88. The largest absolute Gasteiger partial charge is 0.489 e. The molecule has 1 aliphatic heterocycles. The standard InChI is InChI=1S/C22H24N2O2/c1-16-13-25-14-17(2)24(16)22-11-8-19-12-20(9-10-21(19)23-22)26-15-18-6-4-3-5-7-18/h3-12,16-17H,13-15H2,1-2H3/t16-,17+. The van der Waals surface area contributed by atoms with E-state index in [0.717, 1.165) is 41.2 Å². The van der Waals surface area contributed by atoms with Crippen molar-refractivity contribution in [1.82, 2.24) is 4.98 Å². The van der Waals surface area contributed by atoms with Crippen molar-refractivity contribution in [3.63, 3.8) is 0 Å². The molecule has 4 rings (SSSR count). The lowest BCUT2D eigenvalue weighted by Crippen LogP contribution is -2.50. The minimum Gasteiger partial charge on any atom is -0.489 e. The van der Waals surface area contributed by atoms with Crippen LogP contribution in [0.25, 0.3) is 10.9 Å². The molecule has 0 unspecified atom stereocenters. The summed E-state index contributed by atoms with van der Waals surface area (Å²) >= 11 is 0. The first-order valence-corrected chi connectivity index (χ1v) is 9.14. The molecule has 1 aliphatic rings. The van der Waals surface area contributed by atoms with Gasteiger partial charge in [-0.3, -0.25) is 0 Å². The van der Waals surface area contributed by atoms with E-state index in [1.165, 1.54) is 0 Å². The number of fused-ring (bicyclic) bond motifs is 1. The Labute approximate surface area is 154 Å².